The number of rotatable bonds is 1. The Labute approximate surface area is 116 Å². The van der Waals surface area contributed by atoms with Crippen LogP contribution in [0.15, 0.2) is 24.3 Å². The standard InChI is InChI=1S/C13H17FN4O2/c1-15-12(19)17-6-8-18(9-7-17)13(20)16-11-4-2-10(14)3-5-11/h2-5H,6-9H2,1H3,(H,15,19)(H,16,20). The summed E-state index contributed by atoms with van der Waals surface area (Å²) >= 11 is 0. The number of hydrogen-bond donors (Lipinski definition) is 2. The van der Waals surface area contributed by atoms with Crippen LogP contribution in [-0.2, 0) is 0 Å². The van der Waals surface area contributed by atoms with E-state index in [4.69, 9.17) is 0 Å². The van der Waals surface area contributed by atoms with Gasteiger partial charge in [0, 0.05) is 38.9 Å². The van der Waals surface area contributed by atoms with Gasteiger partial charge in [0.25, 0.3) is 0 Å². The van der Waals surface area contributed by atoms with E-state index in [9.17, 15) is 14.0 Å². The molecule has 1 aliphatic rings. The van der Waals surface area contributed by atoms with Gasteiger partial charge in [-0.3, -0.25) is 0 Å². The minimum Gasteiger partial charge on any atom is -0.341 e. The molecule has 0 unspecified atom stereocenters. The molecule has 7 heteroatoms. The molecule has 1 aromatic rings. The number of nitrogens with one attached hydrogen (secondary N) is 2. The predicted octanol–water partition coefficient (Wildman–Crippen LogP) is 1.31. The van der Waals surface area contributed by atoms with E-state index in [1.807, 2.05) is 0 Å². The molecule has 1 aromatic carbocycles. The second-order valence-corrected chi connectivity index (χ2v) is 4.47. The van der Waals surface area contributed by atoms with Crippen molar-refractivity contribution in [3.8, 4) is 0 Å². The molecule has 2 rings (SSSR count). The summed E-state index contributed by atoms with van der Waals surface area (Å²) in [6.45, 7) is 1.94. The predicted molar refractivity (Wildman–Crippen MR) is 73.0 cm³/mol. The van der Waals surface area contributed by atoms with Gasteiger partial charge >= 0.3 is 12.1 Å². The summed E-state index contributed by atoms with van der Waals surface area (Å²) in [5.74, 6) is -0.345. The fourth-order valence-electron chi connectivity index (χ4n) is 2.01. The minimum absolute atomic E-state index is 0.136. The van der Waals surface area contributed by atoms with Crippen molar-refractivity contribution < 1.29 is 14.0 Å². The van der Waals surface area contributed by atoms with Gasteiger partial charge in [0.1, 0.15) is 5.82 Å². The Morgan fingerprint density at radius 1 is 1.00 bits per heavy atom. The van der Waals surface area contributed by atoms with Gasteiger partial charge in [0.15, 0.2) is 0 Å². The van der Waals surface area contributed by atoms with Crippen LogP contribution in [0.3, 0.4) is 0 Å². The first kappa shape index (κ1) is 14.1. The third-order valence-corrected chi connectivity index (χ3v) is 3.16. The zero-order chi connectivity index (χ0) is 14.5. The van der Waals surface area contributed by atoms with E-state index in [0.29, 0.717) is 31.9 Å². The van der Waals surface area contributed by atoms with E-state index in [0.717, 1.165) is 0 Å². The molecule has 0 saturated carbocycles. The first-order chi connectivity index (χ1) is 9.60. The maximum Gasteiger partial charge on any atom is 0.321 e. The molecule has 1 saturated heterocycles. The van der Waals surface area contributed by atoms with Crippen molar-refractivity contribution in [3.63, 3.8) is 0 Å². The number of carbonyl (C=O) groups is 2. The molecule has 0 spiro atoms. The quantitative estimate of drug-likeness (QED) is 0.814. The number of piperazine rings is 1. The van der Waals surface area contributed by atoms with Crippen molar-refractivity contribution in [2.45, 2.75) is 0 Å². The summed E-state index contributed by atoms with van der Waals surface area (Å²) in [7, 11) is 1.58. The lowest BCUT2D eigenvalue weighted by Gasteiger charge is -2.34. The topological polar surface area (TPSA) is 64.7 Å². The molecule has 6 nitrogen and oxygen atoms in total. The average Bonchev–Trinajstić information content (AvgIpc) is 2.49. The highest BCUT2D eigenvalue weighted by atomic mass is 19.1. The van der Waals surface area contributed by atoms with Crippen LogP contribution in [0.2, 0.25) is 0 Å². The number of carbonyl (C=O) groups excluding carboxylic acids is 2. The fraction of sp³-hybridized carbons (Fsp3) is 0.385. The minimum atomic E-state index is -0.345. The monoisotopic (exact) mass is 280 g/mol. The lowest BCUT2D eigenvalue weighted by atomic mass is 10.3. The molecule has 108 valence electrons. The maximum atomic E-state index is 12.8. The summed E-state index contributed by atoms with van der Waals surface area (Å²) in [6, 6.07) is 5.22. The number of amides is 4. The number of urea groups is 2. The van der Waals surface area contributed by atoms with Crippen LogP contribution >= 0.6 is 0 Å². The highest BCUT2D eigenvalue weighted by molar-refractivity contribution is 5.89. The van der Waals surface area contributed by atoms with E-state index in [2.05, 4.69) is 10.6 Å². The van der Waals surface area contributed by atoms with E-state index in [-0.39, 0.29) is 17.9 Å². The Hall–Kier alpha value is -2.31. The van der Waals surface area contributed by atoms with E-state index >= 15 is 0 Å². The number of benzene rings is 1. The lowest BCUT2D eigenvalue weighted by Crippen LogP contribution is -2.53. The van der Waals surface area contributed by atoms with Crippen molar-refractivity contribution in [2.75, 3.05) is 38.5 Å². The average molecular weight is 280 g/mol. The van der Waals surface area contributed by atoms with Gasteiger partial charge in [-0.1, -0.05) is 0 Å². The normalized spacial score (nSPS) is 14.9. The highest BCUT2D eigenvalue weighted by Gasteiger charge is 2.23. The zero-order valence-corrected chi connectivity index (χ0v) is 11.2. The van der Waals surface area contributed by atoms with Crippen LogP contribution in [0, 0.1) is 5.82 Å². The molecule has 4 amide bonds. The van der Waals surface area contributed by atoms with Gasteiger partial charge in [-0.15, -0.1) is 0 Å². The molecule has 0 atom stereocenters. The van der Waals surface area contributed by atoms with Crippen LogP contribution in [-0.4, -0.2) is 55.1 Å². The molecular weight excluding hydrogens is 263 g/mol. The summed E-state index contributed by atoms with van der Waals surface area (Å²) in [5.41, 5.74) is 0.546. The van der Waals surface area contributed by atoms with Crippen LogP contribution in [0.1, 0.15) is 0 Å². The zero-order valence-electron chi connectivity index (χ0n) is 11.2. The van der Waals surface area contributed by atoms with Crippen LogP contribution < -0.4 is 10.6 Å². The summed E-state index contributed by atoms with van der Waals surface area (Å²) in [5, 5.41) is 5.25. The SMILES string of the molecule is CNC(=O)N1CCN(C(=O)Nc2ccc(F)cc2)CC1. The van der Waals surface area contributed by atoms with Crippen LogP contribution in [0.4, 0.5) is 19.7 Å². The molecule has 0 bridgehead atoms. The molecule has 0 aliphatic carbocycles. The first-order valence-corrected chi connectivity index (χ1v) is 6.38. The maximum absolute atomic E-state index is 12.8. The van der Waals surface area contributed by atoms with Crippen molar-refractivity contribution in [1.29, 1.82) is 0 Å². The summed E-state index contributed by atoms with van der Waals surface area (Å²) in [4.78, 5) is 26.7. The smallest absolute Gasteiger partial charge is 0.321 e. The Morgan fingerprint density at radius 3 is 2.00 bits per heavy atom. The van der Waals surface area contributed by atoms with Crippen LogP contribution in [0.25, 0.3) is 0 Å². The third kappa shape index (κ3) is 3.37. The van der Waals surface area contributed by atoms with Gasteiger partial charge < -0.3 is 20.4 Å². The second kappa shape index (κ2) is 6.23. The van der Waals surface area contributed by atoms with Crippen molar-refractivity contribution in [3.05, 3.63) is 30.1 Å². The Bertz CT molecular complexity index is 484. The summed E-state index contributed by atoms with van der Waals surface area (Å²) in [6.07, 6.45) is 0. The number of halogens is 1. The van der Waals surface area contributed by atoms with E-state index in [1.165, 1.54) is 24.3 Å². The van der Waals surface area contributed by atoms with Gasteiger partial charge in [0.2, 0.25) is 0 Å². The second-order valence-electron chi connectivity index (χ2n) is 4.47. The van der Waals surface area contributed by atoms with Gasteiger partial charge in [-0.2, -0.15) is 0 Å². The Morgan fingerprint density at radius 2 is 1.50 bits per heavy atom. The summed E-state index contributed by atoms with van der Waals surface area (Å²) < 4.78 is 12.8. The molecule has 1 heterocycles. The number of nitrogens with zero attached hydrogens (tertiary/aromatic N) is 2. The van der Waals surface area contributed by atoms with Gasteiger partial charge in [-0.05, 0) is 24.3 Å². The number of anilines is 1. The molecular formula is C13H17FN4O2. The molecule has 1 aliphatic heterocycles. The molecule has 1 fully saturated rings. The highest BCUT2D eigenvalue weighted by Crippen LogP contribution is 2.10. The van der Waals surface area contributed by atoms with E-state index < -0.39 is 0 Å². The Balaban J connectivity index is 1.85. The Kier molecular flexibility index (Phi) is 4.39. The largest absolute Gasteiger partial charge is 0.341 e. The first-order valence-electron chi connectivity index (χ1n) is 6.38. The lowest BCUT2D eigenvalue weighted by molar-refractivity contribution is 0.150. The molecule has 2 N–H and O–H groups in total. The van der Waals surface area contributed by atoms with Gasteiger partial charge in [-0.25, -0.2) is 14.0 Å². The van der Waals surface area contributed by atoms with Crippen molar-refractivity contribution >= 4 is 17.7 Å². The molecule has 0 aromatic heterocycles. The van der Waals surface area contributed by atoms with Crippen LogP contribution in [0.5, 0.6) is 0 Å². The van der Waals surface area contributed by atoms with Gasteiger partial charge in [0.05, 0.1) is 0 Å². The molecule has 0 radical (unpaired) electrons. The van der Waals surface area contributed by atoms with Crippen molar-refractivity contribution in [1.82, 2.24) is 15.1 Å². The number of hydrogen-bond acceptors (Lipinski definition) is 2. The van der Waals surface area contributed by atoms with E-state index in [1.54, 1.807) is 16.8 Å². The molecule has 20 heavy (non-hydrogen) atoms. The van der Waals surface area contributed by atoms with Crippen molar-refractivity contribution in [2.24, 2.45) is 0 Å². The fourth-order valence-corrected chi connectivity index (χ4v) is 2.01. The third-order valence-electron chi connectivity index (χ3n) is 3.16.